The van der Waals surface area contributed by atoms with Gasteiger partial charge in [0.15, 0.2) is 11.5 Å². The third kappa shape index (κ3) is 4.61. The Morgan fingerprint density at radius 1 is 1.45 bits per heavy atom. The first-order chi connectivity index (χ1) is 9.41. The fourth-order valence-corrected chi connectivity index (χ4v) is 1.78. The van der Waals surface area contributed by atoms with Crippen molar-refractivity contribution in [3.8, 4) is 0 Å². The Balaban J connectivity index is 2.51. The molecule has 1 aromatic rings. The number of aromatic nitrogens is 1. The van der Waals surface area contributed by atoms with Crippen LogP contribution in [0.2, 0.25) is 0 Å². The second kappa shape index (κ2) is 7.40. The van der Waals surface area contributed by atoms with E-state index < -0.39 is 0 Å². The summed E-state index contributed by atoms with van der Waals surface area (Å²) in [6, 6.07) is 0. The van der Waals surface area contributed by atoms with Gasteiger partial charge in [0.2, 0.25) is 0 Å². The number of carbonyl (C=O) groups excluding carboxylic acids is 1. The quantitative estimate of drug-likeness (QED) is 0.627. The van der Waals surface area contributed by atoms with Gasteiger partial charge in [-0.05, 0) is 33.7 Å². The lowest BCUT2D eigenvalue weighted by molar-refractivity contribution is 0.0932. The molecule has 6 nitrogen and oxygen atoms in total. The number of aliphatic hydroxyl groups is 1. The number of carbonyl (C=O) groups is 1. The molecule has 3 N–H and O–H groups in total. The van der Waals surface area contributed by atoms with Crippen molar-refractivity contribution in [1.29, 1.82) is 0 Å². The van der Waals surface area contributed by atoms with Gasteiger partial charge in [-0.2, -0.15) is 0 Å². The van der Waals surface area contributed by atoms with E-state index in [1.165, 1.54) is 0 Å². The summed E-state index contributed by atoms with van der Waals surface area (Å²) < 4.78 is 4.90. The molecule has 0 bridgehead atoms. The number of hydrogen-bond donors (Lipinski definition) is 3. The van der Waals surface area contributed by atoms with Crippen LogP contribution >= 0.6 is 0 Å². The van der Waals surface area contributed by atoms with Crippen molar-refractivity contribution in [2.24, 2.45) is 0 Å². The summed E-state index contributed by atoms with van der Waals surface area (Å²) in [7, 11) is 0. The average Bonchev–Trinajstić information content (AvgIpc) is 2.77. The van der Waals surface area contributed by atoms with Gasteiger partial charge >= 0.3 is 0 Å². The van der Waals surface area contributed by atoms with Crippen LogP contribution in [-0.2, 0) is 6.61 Å². The monoisotopic (exact) mass is 283 g/mol. The van der Waals surface area contributed by atoms with Crippen LogP contribution in [0, 0.1) is 6.92 Å². The first-order valence-corrected chi connectivity index (χ1v) is 7.00. The van der Waals surface area contributed by atoms with E-state index in [-0.39, 0.29) is 23.7 Å². The average molecular weight is 283 g/mol. The van der Waals surface area contributed by atoms with E-state index in [1.807, 2.05) is 13.8 Å². The summed E-state index contributed by atoms with van der Waals surface area (Å²) in [6.45, 7) is 9.10. The Bertz CT molecular complexity index is 441. The van der Waals surface area contributed by atoms with E-state index in [0.717, 1.165) is 19.4 Å². The Morgan fingerprint density at radius 3 is 2.70 bits per heavy atom. The van der Waals surface area contributed by atoms with Crippen LogP contribution < -0.4 is 10.6 Å². The maximum atomic E-state index is 12.0. The molecule has 0 aliphatic heterocycles. The summed E-state index contributed by atoms with van der Waals surface area (Å²) >= 11 is 0. The molecule has 0 aliphatic carbocycles. The summed E-state index contributed by atoms with van der Waals surface area (Å²) in [5, 5.41) is 19.0. The van der Waals surface area contributed by atoms with Crippen LogP contribution in [0.15, 0.2) is 4.52 Å². The SMILES string of the molecule is CCCCNC(C)(C)CNC(=O)c1noc(CO)c1C. The second-order valence-electron chi connectivity index (χ2n) is 5.58. The number of amides is 1. The number of aliphatic hydroxyl groups excluding tert-OH is 1. The van der Waals surface area contributed by atoms with Crippen LogP contribution in [-0.4, -0.2) is 34.8 Å². The number of hydrogen-bond acceptors (Lipinski definition) is 5. The highest BCUT2D eigenvalue weighted by Crippen LogP contribution is 2.12. The van der Waals surface area contributed by atoms with Gasteiger partial charge in [0.05, 0.1) is 0 Å². The van der Waals surface area contributed by atoms with Crippen molar-refractivity contribution in [3.63, 3.8) is 0 Å². The van der Waals surface area contributed by atoms with E-state index >= 15 is 0 Å². The normalized spacial score (nSPS) is 11.7. The number of nitrogens with zero attached hydrogens (tertiary/aromatic N) is 1. The molecular formula is C14H25N3O3. The molecule has 0 aliphatic rings. The molecule has 0 aromatic carbocycles. The van der Waals surface area contributed by atoms with E-state index in [1.54, 1.807) is 6.92 Å². The van der Waals surface area contributed by atoms with Crippen molar-refractivity contribution in [1.82, 2.24) is 15.8 Å². The molecule has 1 amide bonds. The van der Waals surface area contributed by atoms with Crippen molar-refractivity contribution < 1.29 is 14.4 Å². The standard InChI is InChI=1S/C14H25N3O3/c1-5-6-7-16-14(3,4)9-15-13(19)12-10(2)11(8-18)20-17-12/h16,18H,5-9H2,1-4H3,(H,15,19). The molecule has 1 rings (SSSR count). The molecular weight excluding hydrogens is 258 g/mol. The molecule has 6 heteroatoms. The molecule has 0 unspecified atom stereocenters. The number of nitrogens with one attached hydrogen (secondary N) is 2. The Hall–Kier alpha value is -1.40. The van der Waals surface area contributed by atoms with Crippen molar-refractivity contribution >= 4 is 5.91 Å². The van der Waals surface area contributed by atoms with E-state index in [2.05, 4.69) is 22.7 Å². The summed E-state index contributed by atoms with van der Waals surface area (Å²) in [6.07, 6.45) is 2.25. The molecule has 114 valence electrons. The molecule has 1 aromatic heterocycles. The van der Waals surface area contributed by atoms with E-state index in [4.69, 9.17) is 9.63 Å². The Kier molecular flexibility index (Phi) is 6.16. The molecule has 20 heavy (non-hydrogen) atoms. The predicted molar refractivity (Wildman–Crippen MR) is 76.5 cm³/mol. The lowest BCUT2D eigenvalue weighted by Crippen LogP contribution is -2.49. The molecule has 0 saturated carbocycles. The molecule has 0 atom stereocenters. The second-order valence-corrected chi connectivity index (χ2v) is 5.58. The first-order valence-electron chi connectivity index (χ1n) is 7.00. The molecule has 0 radical (unpaired) electrons. The van der Waals surface area contributed by atoms with Gasteiger partial charge in [-0.1, -0.05) is 18.5 Å². The minimum absolute atomic E-state index is 0.178. The molecule has 1 heterocycles. The van der Waals surface area contributed by atoms with Crippen molar-refractivity contribution in [3.05, 3.63) is 17.0 Å². The van der Waals surface area contributed by atoms with Crippen LogP contribution in [0.1, 0.15) is 55.4 Å². The fraction of sp³-hybridized carbons (Fsp3) is 0.714. The van der Waals surface area contributed by atoms with Gasteiger partial charge < -0.3 is 20.3 Å². The minimum atomic E-state index is -0.281. The third-order valence-corrected chi connectivity index (χ3v) is 3.20. The van der Waals surface area contributed by atoms with Gasteiger partial charge in [0.1, 0.15) is 6.61 Å². The van der Waals surface area contributed by atoms with Crippen molar-refractivity contribution in [2.75, 3.05) is 13.1 Å². The zero-order valence-corrected chi connectivity index (χ0v) is 12.7. The molecule has 0 fully saturated rings. The number of unbranched alkanes of at least 4 members (excludes halogenated alkanes) is 1. The van der Waals surface area contributed by atoms with E-state index in [0.29, 0.717) is 17.9 Å². The summed E-state index contributed by atoms with van der Waals surface area (Å²) in [5.41, 5.74) is 0.641. The molecule has 0 saturated heterocycles. The third-order valence-electron chi connectivity index (χ3n) is 3.20. The highest BCUT2D eigenvalue weighted by molar-refractivity contribution is 5.93. The van der Waals surface area contributed by atoms with Gasteiger partial charge in [0, 0.05) is 17.6 Å². The smallest absolute Gasteiger partial charge is 0.273 e. The van der Waals surface area contributed by atoms with Crippen molar-refractivity contribution in [2.45, 2.75) is 52.7 Å². The zero-order chi connectivity index (χ0) is 15.2. The lowest BCUT2D eigenvalue weighted by atomic mass is 10.1. The first kappa shape index (κ1) is 16.7. The van der Waals surface area contributed by atoms with Crippen LogP contribution in [0.3, 0.4) is 0 Å². The highest BCUT2D eigenvalue weighted by Gasteiger charge is 2.22. The Labute approximate surface area is 119 Å². The zero-order valence-electron chi connectivity index (χ0n) is 12.7. The summed E-state index contributed by atoms with van der Waals surface area (Å²) in [5.74, 6) is 0.0480. The van der Waals surface area contributed by atoms with Gasteiger partial charge in [0.25, 0.3) is 5.91 Å². The maximum Gasteiger partial charge on any atom is 0.273 e. The number of rotatable bonds is 8. The topological polar surface area (TPSA) is 87.4 Å². The predicted octanol–water partition coefficient (Wildman–Crippen LogP) is 1.37. The minimum Gasteiger partial charge on any atom is -0.388 e. The highest BCUT2D eigenvalue weighted by atomic mass is 16.5. The lowest BCUT2D eigenvalue weighted by Gasteiger charge is -2.26. The van der Waals surface area contributed by atoms with E-state index in [9.17, 15) is 4.79 Å². The summed E-state index contributed by atoms with van der Waals surface area (Å²) in [4.78, 5) is 12.0. The van der Waals surface area contributed by atoms with Crippen LogP contribution in [0.5, 0.6) is 0 Å². The van der Waals surface area contributed by atoms with Crippen LogP contribution in [0.4, 0.5) is 0 Å². The fourth-order valence-electron chi connectivity index (χ4n) is 1.78. The van der Waals surface area contributed by atoms with Gasteiger partial charge in [-0.25, -0.2) is 0 Å². The molecule has 0 spiro atoms. The largest absolute Gasteiger partial charge is 0.388 e. The van der Waals surface area contributed by atoms with Crippen LogP contribution in [0.25, 0.3) is 0 Å². The van der Waals surface area contributed by atoms with Gasteiger partial charge in [-0.3, -0.25) is 4.79 Å². The maximum absolute atomic E-state index is 12.0. The van der Waals surface area contributed by atoms with Gasteiger partial charge in [-0.15, -0.1) is 0 Å². The Morgan fingerprint density at radius 2 is 2.15 bits per heavy atom.